The molecule has 4 aromatic rings. The number of aromatic carboxylic acids is 1. The van der Waals surface area contributed by atoms with Gasteiger partial charge < -0.3 is 19.7 Å². The quantitative estimate of drug-likeness (QED) is 0.289. The lowest BCUT2D eigenvalue weighted by molar-refractivity contribution is -0.116. The highest BCUT2D eigenvalue weighted by molar-refractivity contribution is 7.13. The van der Waals surface area contributed by atoms with Gasteiger partial charge in [0.1, 0.15) is 18.1 Å². The second kappa shape index (κ2) is 10.9. The summed E-state index contributed by atoms with van der Waals surface area (Å²) in [6, 6.07) is 6.21. The molecular weight excluding hydrogens is 484 g/mol. The van der Waals surface area contributed by atoms with Crippen molar-refractivity contribution in [2.45, 2.75) is 32.4 Å². The minimum absolute atomic E-state index is 0.0661. The number of nitrogens with one attached hydrogen (secondary N) is 1. The molecule has 13 heteroatoms. The predicted molar refractivity (Wildman–Crippen MR) is 123 cm³/mol. The smallest absolute Gasteiger partial charge is 0.358 e. The van der Waals surface area contributed by atoms with Crippen LogP contribution in [0.25, 0.3) is 11.3 Å². The number of aryl methyl sites for hydroxylation is 1. The predicted octanol–water partition coefficient (Wildman–Crippen LogP) is 4.13. The van der Waals surface area contributed by atoms with Crippen molar-refractivity contribution < 1.29 is 24.0 Å². The van der Waals surface area contributed by atoms with Crippen LogP contribution in [-0.2, 0) is 17.9 Å². The highest BCUT2D eigenvalue weighted by Crippen LogP contribution is 2.33. The molecular formula is C21H19ClN6O5S. The highest BCUT2D eigenvalue weighted by atomic mass is 35.5. The van der Waals surface area contributed by atoms with Gasteiger partial charge in [0.15, 0.2) is 16.6 Å². The monoisotopic (exact) mass is 502 g/mol. The maximum Gasteiger partial charge on any atom is 0.358 e. The van der Waals surface area contributed by atoms with E-state index in [1.165, 1.54) is 17.4 Å². The van der Waals surface area contributed by atoms with Crippen LogP contribution in [-0.4, -0.2) is 42.1 Å². The zero-order valence-corrected chi connectivity index (χ0v) is 19.3. The summed E-state index contributed by atoms with van der Waals surface area (Å²) in [7, 11) is 0. The van der Waals surface area contributed by atoms with Crippen molar-refractivity contribution >= 4 is 39.9 Å². The summed E-state index contributed by atoms with van der Waals surface area (Å²) in [5, 5.41) is 26.4. The van der Waals surface area contributed by atoms with Crippen LogP contribution in [0, 0.1) is 0 Å². The van der Waals surface area contributed by atoms with Gasteiger partial charge >= 0.3 is 5.97 Å². The first-order chi connectivity index (χ1) is 16.5. The summed E-state index contributed by atoms with van der Waals surface area (Å²) in [6.07, 6.45) is 5.26. The van der Waals surface area contributed by atoms with Gasteiger partial charge in [-0.3, -0.25) is 9.48 Å². The van der Waals surface area contributed by atoms with Crippen molar-refractivity contribution in [1.29, 1.82) is 0 Å². The number of rotatable bonds is 11. The lowest BCUT2D eigenvalue weighted by Gasteiger charge is -2.08. The van der Waals surface area contributed by atoms with Crippen molar-refractivity contribution in [3.63, 3.8) is 0 Å². The Morgan fingerprint density at radius 2 is 2.15 bits per heavy atom. The zero-order chi connectivity index (χ0) is 23.9. The van der Waals surface area contributed by atoms with Crippen LogP contribution in [0.3, 0.4) is 0 Å². The molecule has 0 fully saturated rings. The van der Waals surface area contributed by atoms with Crippen molar-refractivity contribution in [3.05, 3.63) is 58.4 Å². The zero-order valence-electron chi connectivity index (χ0n) is 17.7. The van der Waals surface area contributed by atoms with Crippen LogP contribution in [0.4, 0.5) is 5.13 Å². The Bertz CT molecular complexity index is 1270. The summed E-state index contributed by atoms with van der Waals surface area (Å²) in [6.45, 7) is 0.741. The van der Waals surface area contributed by atoms with Crippen molar-refractivity contribution in [2.75, 3.05) is 5.32 Å². The Morgan fingerprint density at radius 3 is 2.91 bits per heavy atom. The molecule has 1 aromatic carbocycles. The first-order valence-corrected chi connectivity index (χ1v) is 11.4. The lowest BCUT2D eigenvalue weighted by atomic mass is 10.1. The Balaban J connectivity index is 1.28. The fourth-order valence-corrected chi connectivity index (χ4v) is 3.73. The number of carbonyl (C=O) groups excluding carboxylic acids is 1. The van der Waals surface area contributed by atoms with E-state index in [9.17, 15) is 9.59 Å². The van der Waals surface area contributed by atoms with Crippen LogP contribution in [0.5, 0.6) is 5.75 Å². The third-order valence-electron chi connectivity index (χ3n) is 4.62. The van der Waals surface area contributed by atoms with Crippen LogP contribution in [0.15, 0.2) is 46.6 Å². The van der Waals surface area contributed by atoms with E-state index in [-0.39, 0.29) is 24.0 Å². The average Bonchev–Trinajstić information content (AvgIpc) is 3.58. The SMILES string of the molecule is O=C(CCCCn1cc(COc2ccc(Cl)cc2-c2cc(C(=O)O)no2)nn1)Nc1nccs1. The standard InChI is InChI=1S/C21H19ClN6O5S/c22-13-4-5-17(15(9-13)18-10-16(20(30)31)26-33-18)32-12-14-11-28(27-25-14)7-2-1-3-19(29)24-21-23-6-8-34-21/h4-6,8-11H,1-3,7,12H2,(H,30,31)(H,23,24,29). The van der Waals surface area contributed by atoms with E-state index in [0.717, 1.165) is 6.42 Å². The number of ether oxygens (including phenoxy) is 1. The Labute approximate surface area is 202 Å². The van der Waals surface area contributed by atoms with Gasteiger partial charge in [0.2, 0.25) is 5.91 Å². The Hall–Kier alpha value is -3.77. The topological polar surface area (TPSA) is 145 Å². The van der Waals surface area contributed by atoms with Crippen LogP contribution in [0.2, 0.25) is 5.02 Å². The first-order valence-electron chi connectivity index (χ1n) is 10.2. The molecule has 176 valence electrons. The van der Waals surface area contributed by atoms with E-state index in [0.29, 0.717) is 46.5 Å². The summed E-state index contributed by atoms with van der Waals surface area (Å²) in [4.78, 5) is 27.0. The van der Waals surface area contributed by atoms with E-state index >= 15 is 0 Å². The number of carboxylic acids is 1. The van der Waals surface area contributed by atoms with Gasteiger partial charge in [-0.15, -0.1) is 16.4 Å². The fourth-order valence-electron chi connectivity index (χ4n) is 3.02. The minimum atomic E-state index is -1.20. The molecule has 34 heavy (non-hydrogen) atoms. The van der Waals surface area contributed by atoms with E-state index in [1.54, 1.807) is 40.7 Å². The number of aromatic nitrogens is 5. The third kappa shape index (κ3) is 6.17. The van der Waals surface area contributed by atoms with Gasteiger partial charge in [-0.1, -0.05) is 22.0 Å². The molecule has 2 N–H and O–H groups in total. The maximum atomic E-state index is 11.9. The number of hydrogen-bond acceptors (Lipinski definition) is 9. The molecule has 0 aliphatic heterocycles. The van der Waals surface area contributed by atoms with E-state index < -0.39 is 5.97 Å². The Kier molecular flexibility index (Phi) is 7.50. The largest absolute Gasteiger partial charge is 0.486 e. The number of halogens is 1. The van der Waals surface area contributed by atoms with Gasteiger partial charge in [-0.2, -0.15) is 0 Å². The van der Waals surface area contributed by atoms with Gasteiger partial charge in [-0.05, 0) is 31.0 Å². The number of carboxylic acid groups (broad SMARTS) is 1. The summed E-state index contributed by atoms with van der Waals surface area (Å²) in [5.74, 6) is -0.615. The molecule has 0 unspecified atom stereocenters. The second-order valence-corrected chi connectivity index (χ2v) is 8.46. The molecule has 4 rings (SSSR count). The molecule has 3 heterocycles. The van der Waals surface area contributed by atoms with Gasteiger partial charge in [0, 0.05) is 35.6 Å². The molecule has 0 aliphatic rings. The van der Waals surface area contributed by atoms with E-state index in [4.69, 9.17) is 26.0 Å². The summed E-state index contributed by atoms with van der Waals surface area (Å²) in [5.41, 5.74) is 0.853. The summed E-state index contributed by atoms with van der Waals surface area (Å²) < 4.78 is 12.7. The maximum absolute atomic E-state index is 11.9. The molecule has 0 radical (unpaired) electrons. The van der Waals surface area contributed by atoms with E-state index in [2.05, 4.69) is 25.8 Å². The number of unbranched alkanes of at least 4 members (excludes halogenated alkanes) is 1. The molecule has 0 spiro atoms. The Morgan fingerprint density at radius 1 is 1.26 bits per heavy atom. The normalized spacial score (nSPS) is 10.9. The molecule has 0 bridgehead atoms. The minimum Gasteiger partial charge on any atom is -0.486 e. The molecule has 0 atom stereocenters. The van der Waals surface area contributed by atoms with Crippen molar-refractivity contribution in [3.8, 4) is 17.1 Å². The molecule has 0 saturated carbocycles. The first kappa shape index (κ1) is 23.4. The number of benzene rings is 1. The third-order valence-corrected chi connectivity index (χ3v) is 5.54. The van der Waals surface area contributed by atoms with Gasteiger partial charge in [0.05, 0.1) is 11.8 Å². The van der Waals surface area contributed by atoms with E-state index in [1.807, 2.05) is 0 Å². The van der Waals surface area contributed by atoms with Gasteiger partial charge in [-0.25, -0.2) is 9.78 Å². The number of carbonyl (C=O) groups is 2. The molecule has 3 aromatic heterocycles. The number of anilines is 1. The van der Waals surface area contributed by atoms with Crippen molar-refractivity contribution in [2.24, 2.45) is 0 Å². The molecule has 1 amide bonds. The highest BCUT2D eigenvalue weighted by Gasteiger charge is 2.17. The molecule has 0 aliphatic carbocycles. The molecule has 11 nitrogen and oxygen atoms in total. The average molecular weight is 503 g/mol. The fraction of sp³-hybridized carbons (Fsp3) is 0.238. The number of hydrogen-bond donors (Lipinski definition) is 2. The second-order valence-electron chi connectivity index (χ2n) is 7.13. The lowest BCUT2D eigenvalue weighted by Crippen LogP contribution is -2.11. The van der Waals surface area contributed by atoms with Gasteiger partial charge in [0.25, 0.3) is 0 Å². The van der Waals surface area contributed by atoms with Crippen molar-refractivity contribution in [1.82, 2.24) is 25.1 Å². The number of amides is 1. The number of thiazole rings is 1. The van der Waals surface area contributed by atoms with Crippen LogP contribution >= 0.6 is 22.9 Å². The summed E-state index contributed by atoms with van der Waals surface area (Å²) >= 11 is 7.46. The van der Waals surface area contributed by atoms with Crippen LogP contribution in [0.1, 0.15) is 35.4 Å². The van der Waals surface area contributed by atoms with Crippen LogP contribution < -0.4 is 10.1 Å². The molecule has 0 saturated heterocycles. The number of nitrogens with zero attached hydrogens (tertiary/aromatic N) is 5.